The second-order valence-electron chi connectivity index (χ2n) is 6.01. The molecule has 0 atom stereocenters. The Morgan fingerprint density at radius 2 is 0.917 bits per heavy atom. The summed E-state index contributed by atoms with van der Waals surface area (Å²) < 4.78 is 26.0. The van der Waals surface area contributed by atoms with Gasteiger partial charge in [-0.3, -0.25) is 0 Å². The molecule has 0 amide bonds. The van der Waals surface area contributed by atoms with Crippen molar-refractivity contribution in [1.82, 2.24) is 0 Å². The van der Waals surface area contributed by atoms with Gasteiger partial charge in [0.1, 0.15) is 0 Å². The minimum absolute atomic E-state index is 0.319. The first-order valence-electron chi connectivity index (χ1n) is 9.77. The standard InChI is InChI=1S/2C3H8O.2C3H7O.2C3H7.O.Zr/c4*1-2-3-4;2*1-3-2;;/h2*4H,2-3H2,1H3;2*2-3H2,1H3;2*1,3H2,2H3;;/q;;2*-1;;;;+2. The second kappa shape index (κ2) is 19.8. The molecule has 0 aromatic rings. The Balaban J connectivity index is -0.000000457. The summed E-state index contributed by atoms with van der Waals surface area (Å²) in [4.78, 5) is 0. The van der Waals surface area contributed by atoms with E-state index in [0.29, 0.717) is 34.7 Å². The van der Waals surface area contributed by atoms with Gasteiger partial charge >= 0.3 is 103 Å². The van der Waals surface area contributed by atoms with Crippen LogP contribution in [0.25, 0.3) is 0 Å². The van der Waals surface area contributed by atoms with Crippen molar-refractivity contribution in [3.05, 3.63) is 0 Å². The molecule has 0 saturated carbocycles. The zero-order chi connectivity index (χ0) is 19.3. The molecule has 0 bridgehead atoms. The van der Waals surface area contributed by atoms with E-state index in [4.69, 9.17) is 15.8 Å². The number of hydrogen-bond donors (Lipinski definition) is 2. The molecule has 0 aliphatic heterocycles. The molecule has 0 spiro atoms. The maximum atomic E-state index is 13.2. The van der Waals surface area contributed by atoms with Crippen LogP contribution in [0.4, 0.5) is 0 Å². The topological polar surface area (TPSA) is 76.0 Å². The van der Waals surface area contributed by atoms with Crippen LogP contribution in [0, 0.1) is 0 Å². The summed E-state index contributed by atoms with van der Waals surface area (Å²) in [5.74, 6) is 0. The van der Waals surface area contributed by atoms with Gasteiger partial charge in [0.05, 0.1) is 0 Å². The molecule has 6 heteroatoms. The first-order valence-corrected chi connectivity index (χ1v) is 16.3. The Hall–Kier alpha value is 0.523. The SMILES string of the molecule is CCCO.CCCO.CCC[O][Zr](=[O])([CH2]CC)([CH2]CC)[O]CCC. The van der Waals surface area contributed by atoms with E-state index in [0.717, 1.165) is 38.5 Å². The van der Waals surface area contributed by atoms with Crippen LogP contribution in [-0.4, -0.2) is 36.6 Å². The molecule has 2 N–H and O–H groups in total. The summed E-state index contributed by atoms with van der Waals surface area (Å²) in [5.41, 5.74) is 0. The molecule has 24 heavy (non-hydrogen) atoms. The predicted octanol–water partition coefficient (Wildman–Crippen LogP) is 5.14. The molecule has 5 nitrogen and oxygen atoms in total. The predicted molar refractivity (Wildman–Crippen MR) is 98.1 cm³/mol. The van der Waals surface area contributed by atoms with Gasteiger partial charge in [-0.25, -0.2) is 0 Å². The molecule has 0 aromatic carbocycles. The van der Waals surface area contributed by atoms with E-state index in [1.165, 1.54) is 0 Å². The third-order valence-electron chi connectivity index (χ3n) is 3.17. The fraction of sp³-hybridized carbons (Fsp3) is 1.00. The van der Waals surface area contributed by atoms with Crippen molar-refractivity contribution in [1.29, 1.82) is 0 Å². The van der Waals surface area contributed by atoms with Gasteiger partial charge in [0.15, 0.2) is 0 Å². The van der Waals surface area contributed by atoms with E-state index in [9.17, 15) is 2.81 Å². The zero-order valence-electron chi connectivity index (χ0n) is 17.1. The van der Waals surface area contributed by atoms with Crippen molar-refractivity contribution < 1.29 is 38.3 Å². The van der Waals surface area contributed by atoms with Crippen molar-refractivity contribution in [2.45, 2.75) is 88.3 Å². The normalized spacial score (nSPS) is 11.2. The molecule has 0 fully saturated rings. The average Bonchev–Trinajstić information content (AvgIpc) is 2.59. The quantitative estimate of drug-likeness (QED) is 0.447. The molecule has 150 valence electrons. The van der Waals surface area contributed by atoms with Gasteiger partial charge in [0.25, 0.3) is 0 Å². The Bertz CT molecular complexity index is 263. The van der Waals surface area contributed by atoms with Gasteiger partial charge in [-0.05, 0) is 12.8 Å². The van der Waals surface area contributed by atoms with Gasteiger partial charge in [-0.1, -0.05) is 13.8 Å². The fourth-order valence-corrected chi connectivity index (χ4v) is 12.3. The number of hydrogen-bond acceptors (Lipinski definition) is 5. The van der Waals surface area contributed by atoms with Gasteiger partial charge < -0.3 is 10.2 Å². The monoisotopic (exact) mass is 430 g/mol. The second-order valence-corrected chi connectivity index (χ2v) is 16.6. The van der Waals surface area contributed by atoms with E-state index >= 15 is 0 Å². The van der Waals surface area contributed by atoms with Gasteiger partial charge in [0.2, 0.25) is 0 Å². The van der Waals surface area contributed by atoms with Gasteiger partial charge in [0, 0.05) is 13.2 Å². The van der Waals surface area contributed by atoms with E-state index in [1.54, 1.807) is 0 Å². The molecular formula is C18H44O5Zr. The van der Waals surface area contributed by atoms with Crippen LogP contribution in [0.2, 0.25) is 8.26 Å². The van der Waals surface area contributed by atoms with E-state index in [1.807, 2.05) is 41.5 Å². The molecule has 0 aliphatic carbocycles. The van der Waals surface area contributed by atoms with Crippen molar-refractivity contribution in [2.75, 3.05) is 26.4 Å². The van der Waals surface area contributed by atoms with Crippen LogP contribution in [0.1, 0.15) is 80.1 Å². The Morgan fingerprint density at radius 1 is 0.625 bits per heavy atom. The third kappa shape index (κ3) is 17.3. The van der Waals surface area contributed by atoms with Crippen LogP contribution in [0.3, 0.4) is 0 Å². The minimum atomic E-state index is -4.52. The molecule has 0 rings (SSSR count). The van der Waals surface area contributed by atoms with Crippen LogP contribution in [0.15, 0.2) is 0 Å². The summed E-state index contributed by atoms with van der Waals surface area (Å²) in [6.45, 7) is 13.8. The number of aliphatic hydroxyl groups excluding tert-OH is 2. The molecule has 0 saturated heterocycles. The van der Waals surface area contributed by atoms with Gasteiger partial charge in [-0.2, -0.15) is 0 Å². The Kier molecular flexibility index (Phi) is 24.2. The summed E-state index contributed by atoms with van der Waals surface area (Å²) in [6, 6.07) is 0. The maximum absolute atomic E-state index is 13.2. The number of aliphatic hydroxyl groups is 2. The molecule has 0 aromatic heterocycles. The van der Waals surface area contributed by atoms with Crippen molar-refractivity contribution >= 4 is 0 Å². The summed E-state index contributed by atoms with van der Waals surface area (Å²) >= 11 is -4.52. The van der Waals surface area contributed by atoms with Crippen molar-refractivity contribution in [3.8, 4) is 0 Å². The first-order chi connectivity index (χ1) is 11.4. The molecule has 0 unspecified atom stereocenters. The van der Waals surface area contributed by atoms with Crippen LogP contribution in [0.5, 0.6) is 0 Å². The van der Waals surface area contributed by atoms with E-state index in [-0.39, 0.29) is 0 Å². The first kappa shape index (κ1) is 29.3. The van der Waals surface area contributed by atoms with Crippen molar-refractivity contribution in [3.63, 3.8) is 0 Å². The summed E-state index contributed by atoms with van der Waals surface area (Å²) in [7, 11) is 0. The van der Waals surface area contributed by atoms with Crippen LogP contribution >= 0.6 is 0 Å². The summed E-state index contributed by atoms with van der Waals surface area (Å²) in [5, 5.41) is 15.8. The molecular weight excluding hydrogens is 387 g/mol. The Morgan fingerprint density at radius 3 is 1.08 bits per heavy atom. The molecule has 0 heterocycles. The third-order valence-corrected chi connectivity index (χ3v) is 14.5. The van der Waals surface area contributed by atoms with Gasteiger partial charge in [-0.15, -0.1) is 0 Å². The van der Waals surface area contributed by atoms with Crippen LogP contribution < -0.4 is 0 Å². The summed E-state index contributed by atoms with van der Waals surface area (Å²) in [6.07, 6.45) is 5.30. The number of rotatable bonds is 12. The van der Waals surface area contributed by atoms with E-state index in [2.05, 4.69) is 0 Å². The fourth-order valence-electron chi connectivity index (χ4n) is 2.08. The molecule has 0 aliphatic rings. The van der Waals surface area contributed by atoms with Crippen molar-refractivity contribution in [2.24, 2.45) is 0 Å². The van der Waals surface area contributed by atoms with Crippen LogP contribution in [-0.2, 0) is 28.1 Å². The van der Waals surface area contributed by atoms with E-state index < -0.39 is 19.7 Å². The Labute approximate surface area is 153 Å². The zero-order valence-corrected chi connectivity index (χ0v) is 19.6. The average molecular weight is 432 g/mol. The molecule has 0 radical (unpaired) electrons.